The molecule has 1 aliphatic rings. The van der Waals surface area contributed by atoms with Gasteiger partial charge in [0.05, 0.1) is 6.61 Å². The van der Waals surface area contributed by atoms with Crippen LogP contribution in [0.25, 0.3) is 6.08 Å². The van der Waals surface area contributed by atoms with E-state index in [-0.39, 0.29) is 12.5 Å². The highest BCUT2D eigenvalue weighted by Gasteiger charge is 2.52. The van der Waals surface area contributed by atoms with Crippen molar-refractivity contribution >= 4 is 33.8 Å². The predicted octanol–water partition coefficient (Wildman–Crippen LogP) is 5.32. The minimum Gasteiger partial charge on any atom is -0.494 e. The van der Waals surface area contributed by atoms with Gasteiger partial charge in [0.1, 0.15) is 5.75 Å². The number of likely N-dealkylation sites (N-methyl/N-ethyl adjacent to an activating group) is 1. The van der Waals surface area contributed by atoms with Crippen LogP contribution in [0.2, 0.25) is 0 Å². The molecule has 0 aromatic heterocycles. The molecule has 7 heteroatoms. The summed E-state index contributed by atoms with van der Waals surface area (Å²) in [5.41, 5.74) is 1.48. The predicted molar refractivity (Wildman–Crippen MR) is 145 cm³/mol. The zero-order valence-corrected chi connectivity index (χ0v) is 21.6. The normalized spacial score (nSPS) is 19.1. The first-order valence-corrected chi connectivity index (χ1v) is 12.6. The standard InChI is InChI=1S/C29H29BrN2O4/c1-31-28(34)29(18-5-9-21-7-3-2-4-8-21)26(22-10-14-24(30)15-11-22)36-27(32-29)23-12-16-25(17-13-23)35-20-6-19-33/h2-5,7-17,26,33H,6,18-20H2,1H3,(H,31,34)/b9-5+/t26-,29-/m1/s1. The molecule has 6 nitrogen and oxygen atoms in total. The Bertz CT molecular complexity index is 1210. The van der Waals surface area contributed by atoms with Gasteiger partial charge < -0.3 is 19.9 Å². The molecule has 1 aliphatic heterocycles. The maximum absolute atomic E-state index is 13.4. The Balaban J connectivity index is 1.69. The lowest BCUT2D eigenvalue weighted by atomic mass is 9.84. The molecular formula is C29H29BrN2O4. The third kappa shape index (κ3) is 5.86. The molecule has 0 saturated heterocycles. The minimum atomic E-state index is -1.18. The number of halogens is 1. The van der Waals surface area contributed by atoms with Crippen LogP contribution >= 0.6 is 15.9 Å². The van der Waals surface area contributed by atoms with Gasteiger partial charge in [-0.15, -0.1) is 0 Å². The highest BCUT2D eigenvalue weighted by molar-refractivity contribution is 9.10. The summed E-state index contributed by atoms with van der Waals surface area (Å²) in [5.74, 6) is 0.882. The Labute approximate surface area is 219 Å². The average Bonchev–Trinajstić information content (AvgIpc) is 3.30. The maximum atomic E-state index is 13.4. The molecule has 2 N–H and O–H groups in total. The second-order valence-electron chi connectivity index (χ2n) is 8.44. The number of aliphatic imine (C=N–C) groups is 1. The largest absolute Gasteiger partial charge is 0.494 e. The number of carbonyl (C=O) groups is 1. The number of nitrogens with one attached hydrogen (secondary N) is 1. The molecule has 2 atom stereocenters. The average molecular weight is 549 g/mol. The molecule has 0 spiro atoms. The maximum Gasteiger partial charge on any atom is 0.252 e. The molecular weight excluding hydrogens is 520 g/mol. The smallest absolute Gasteiger partial charge is 0.252 e. The van der Waals surface area contributed by atoms with Gasteiger partial charge in [-0.3, -0.25) is 4.79 Å². The van der Waals surface area contributed by atoms with Gasteiger partial charge in [0.2, 0.25) is 5.90 Å². The monoisotopic (exact) mass is 548 g/mol. The molecule has 0 fully saturated rings. The molecule has 1 amide bonds. The van der Waals surface area contributed by atoms with Gasteiger partial charge in [0, 0.05) is 36.5 Å². The van der Waals surface area contributed by atoms with Crippen molar-refractivity contribution in [1.82, 2.24) is 5.32 Å². The molecule has 3 aromatic carbocycles. The summed E-state index contributed by atoms with van der Waals surface area (Å²) in [6.07, 6.45) is 4.28. The minimum absolute atomic E-state index is 0.0838. The van der Waals surface area contributed by atoms with Gasteiger partial charge >= 0.3 is 0 Å². The number of rotatable bonds is 10. The van der Waals surface area contributed by atoms with Gasteiger partial charge in [-0.05, 0) is 47.5 Å². The Morgan fingerprint density at radius 3 is 2.50 bits per heavy atom. The summed E-state index contributed by atoms with van der Waals surface area (Å²) in [4.78, 5) is 18.3. The van der Waals surface area contributed by atoms with Crippen LogP contribution in [0.4, 0.5) is 0 Å². The molecule has 0 radical (unpaired) electrons. The van der Waals surface area contributed by atoms with E-state index in [0.29, 0.717) is 31.1 Å². The SMILES string of the molecule is CNC(=O)[C@]1(C/C=C/c2ccccc2)N=C(c2ccc(OCCCO)cc2)O[C@@H]1c1ccc(Br)cc1. The van der Waals surface area contributed by atoms with Crippen LogP contribution in [0, 0.1) is 0 Å². The van der Waals surface area contributed by atoms with E-state index < -0.39 is 11.6 Å². The number of nitrogens with zero attached hydrogens (tertiary/aromatic N) is 1. The Morgan fingerprint density at radius 2 is 1.83 bits per heavy atom. The van der Waals surface area contributed by atoms with E-state index in [9.17, 15) is 4.79 Å². The number of hydrogen-bond acceptors (Lipinski definition) is 5. The van der Waals surface area contributed by atoms with Crippen LogP contribution in [0.15, 0.2) is 94.4 Å². The number of aliphatic hydroxyl groups is 1. The summed E-state index contributed by atoms with van der Waals surface area (Å²) in [6, 6.07) is 25.1. The van der Waals surface area contributed by atoms with Crippen molar-refractivity contribution < 1.29 is 19.4 Å². The first kappa shape index (κ1) is 25.7. The number of carbonyl (C=O) groups excluding carboxylic acids is 1. The van der Waals surface area contributed by atoms with Crippen molar-refractivity contribution in [3.05, 3.63) is 106 Å². The van der Waals surface area contributed by atoms with Crippen LogP contribution in [0.5, 0.6) is 5.75 Å². The molecule has 0 bridgehead atoms. The first-order valence-electron chi connectivity index (χ1n) is 11.9. The molecule has 0 saturated carbocycles. The van der Waals surface area contributed by atoms with Crippen molar-refractivity contribution in [2.45, 2.75) is 24.5 Å². The van der Waals surface area contributed by atoms with E-state index in [2.05, 4.69) is 21.2 Å². The highest BCUT2D eigenvalue weighted by Crippen LogP contribution is 2.43. The number of hydrogen-bond donors (Lipinski definition) is 2. The van der Waals surface area contributed by atoms with Gasteiger partial charge in [-0.2, -0.15) is 0 Å². The Hall–Kier alpha value is -3.42. The van der Waals surface area contributed by atoms with Crippen LogP contribution in [0.1, 0.15) is 35.6 Å². The van der Waals surface area contributed by atoms with Gasteiger partial charge in [-0.1, -0.05) is 70.5 Å². The molecule has 36 heavy (non-hydrogen) atoms. The molecule has 0 aliphatic carbocycles. The van der Waals surface area contributed by atoms with Crippen molar-refractivity contribution in [3.63, 3.8) is 0 Å². The first-order chi connectivity index (χ1) is 17.6. The summed E-state index contributed by atoms with van der Waals surface area (Å²) >= 11 is 3.49. The zero-order chi connectivity index (χ0) is 25.4. The van der Waals surface area contributed by atoms with Crippen LogP contribution in [0.3, 0.4) is 0 Å². The van der Waals surface area contributed by atoms with E-state index in [1.165, 1.54) is 0 Å². The third-order valence-electron chi connectivity index (χ3n) is 5.97. The molecule has 1 heterocycles. The third-order valence-corrected chi connectivity index (χ3v) is 6.50. The molecule has 0 unspecified atom stereocenters. The topological polar surface area (TPSA) is 80.2 Å². The van der Waals surface area contributed by atoms with Crippen LogP contribution in [-0.2, 0) is 9.53 Å². The van der Waals surface area contributed by atoms with Gasteiger partial charge in [0.15, 0.2) is 11.6 Å². The molecule has 4 rings (SSSR count). The van der Waals surface area contributed by atoms with E-state index >= 15 is 0 Å². The second kappa shape index (κ2) is 12.0. The van der Waals surface area contributed by atoms with E-state index in [1.807, 2.05) is 91.0 Å². The lowest BCUT2D eigenvalue weighted by molar-refractivity contribution is -0.128. The zero-order valence-electron chi connectivity index (χ0n) is 20.1. The fourth-order valence-electron chi connectivity index (χ4n) is 4.11. The lowest BCUT2D eigenvalue weighted by Gasteiger charge is -2.29. The number of benzene rings is 3. The number of amides is 1. The van der Waals surface area contributed by atoms with Crippen LogP contribution in [-0.4, -0.2) is 42.7 Å². The molecule has 186 valence electrons. The Kier molecular flexibility index (Phi) is 8.57. The summed E-state index contributed by atoms with van der Waals surface area (Å²) < 4.78 is 13.0. The number of aliphatic hydroxyl groups excluding tert-OH is 1. The van der Waals surface area contributed by atoms with Crippen molar-refractivity contribution in [2.75, 3.05) is 20.3 Å². The summed E-state index contributed by atoms with van der Waals surface area (Å²) in [7, 11) is 1.62. The van der Waals surface area contributed by atoms with Crippen LogP contribution < -0.4 is 10.1 Å². The summed E-state index contributed by atoms with van der Waals surface area (Å²) in [5, 5.41) is 11.8. The second-order valence-corrected chi connectivity index (χ2v) is 9.35. The van der Waals surface area contributed by atoms with Crippen molar-refractivity contribution in [1.29, 1.82) is 0 Å². The van der Waals surface area contributed by atoms with E-state index in [0.717, 1.165) is 21.2 Å². The van der Waals surface area contributed by atoms with Crippen molar-refractivity contribution in [3.8, 4) is 5.75 Å². The van der Waals surface area contributed by atoms with Gasteiger partial charge in [-0.25, -0.2) is 4.99 Å². The summed E-state index contributed by atoms with van der Waals surface area (Å²) in [6.45, 7) is 0.521. The Morgan fingerprint density at radius 1 is 1.11 bits per heavy atom. The van der Waals surface area contributed by atoms with E-state index in [4.69, 9.17) is 19.6 Å². The lowest BCUT2D eigenvalue weighted by Crippen LogP contribution is -2.46. The fraction of sp³-hybridized carbons (Fsp3) is 0.241. The number of ether oxygens (including phenoxy) is 2. The van der Waals surface area contributed by atoms with Gasteiger partial charge in [0.25, 0.3) is 5.91 Å². The quantitative estimate of drug-likeness (QED) is 0.336. The fourth-order valence-corrected chi connectivity index (χ4v) is 4.37. The molecule has 3 aromatic rings. The van der Waals surface area contributed by atoms with Crippen molar-refractivity contribution in [2.24, 2.45) is 4.99 Å². The van der Waals surface area contributed by atoms with E-state index in [1.54, 1.807) is 7.05 Å². The highest BCUT2D eigenvalue weighted by atomic mass is 79.9.